The van der Waals surface area contributed by atoms with E-state index >= 15 is 0 Å². The lowest BCUT2D eigenvalue weighted by atomic mass is 9.94. The van der Waals surface area contributed by atoms with E-state index in [2.05, 4.69) is 10.2 Å². The molecule has 1 amide bonds. The minimum atomic E-state index is 0.0133. The van der Waals surface area contributed by atoms with Crippen molar-refractivity contribution in [2.45, 2.75) is 25.3 Å². The lowest BCUT2D eigenvalue weighted by Crippen LogP contribution is -2.41. The van der Waals surface area contributed by atoms with Crippen LogP contribution in [-0.2, 0) is 0 Å². The van der Waals surface area contributed by atoms with Gasteiger partial charge in [0.25, 0.3) is 5.91 Å². The molecule has 120 valence electrons. The Morgan fingerprint density at radius 3 is 2.83 bits per heavy atom. The molecule has 0 aromatic heterocycles. The van der Waals surface area contributed by atoms with Gasteiger partial charge in [0.05, 0.1) is 0 Å². The van der Waals surface area contributed by atoms with Gasteiger partial charge in [-0.3, -0.25) is 4.79 Å². The lowest BCUT2D eigenvalue weighted by molar-refractivity contribution is 0.0929. The Kier molecular flexibility index (Phi) is 4.00. The van der Waals surface area contributed by atoms with Crippen LogP contribution in [0.1, 0.15) is 29.6 Å². The maximum atomic E-state index is 12.6. The molecule has 1 atom stereocenters. The van der Waals surface area contributed by atoms with Crippen molar-refractivity contribution in [3.8, 4) is 0 Å². The molecule has 5 rings (SSSR count). The number of piperidine rings is 1. The number of rotatable bonds is 2. The topological polar surface area (TPSA) is 32.3 Å². The number of hydrogen-bond donors (Lipinski definition) is 1. The summed E-state index contributed by atoms with van der Waals surface area (Å²) in [5.74, 6) is 0.782. The Labute approximate surface area is 141 Å². The minimum Gasteiger partial charge on any atom is -0.348 e. The van der Waals surface area contributed by atoms with Gasteiger partial charge in [-0.2, -0.15) is 0 Å². The first-order valence-corrected chi connectivity index (χ1v) is 8.78. The highest BCUT2D eigenvalue weighted by Crippen LogP contribution is 2.27. The van der Waals surface area contributed by atoms with E-state index in [4.69, 9.17) is 11.6 Å². The maximum Gasteiger partial charge on any atom is 0.251 e. The standard InChI is InChI=1S/C19H21ClN2O/c20-18-3-1-2-14-4-5-15(11-17(14)18)19(23)21-16-10-13-6-8-22(12-16)9-7-13/h1-5,11,13,16H,6-10,12H2,(H,21,23). The second-order valence-corrected chi connectivity index (χ2v) is 7.23. The molecule has 0 spiro atoms. The van der Waals surface area contributed by atoms with E-state index in [0.717, 1.165) is 29.7 Å². The predicted octanol–water partition coefficient (Wildman–Crippen LogP) is 3.71. The van der Waals surface area contributed by atoms with Crippen molar-refractivity contribution in [3.05, 3.63) is 47.0 Å². The molecule has 2 aromatic rings. The molecule has 4 heteroatoms. The van der Waals surface area contributed by atoms with Crippen molar-refractivity contribution < 1.29 is 4.79 Å². The molecule has 0 saturated carbocycles. The van der Waals surface area contributed by atoms with E-state index in [1.165, 1.54) is 25.9 Å². The van der Waals surface area contributed by atoms with Crippen molar-refractivity contribution in [2.24, 2.45) is 5.92 Å². The average molecular weight is 329 g/mol. The Hall–Kier alpha value is -1.58. The molecule has 2 bridgehead atoms. The Balaban J connectivity index is 1.54. The van der Waals surface area contributed by atoms with E-state index < -0.39 is 0 Å². The van der Waals surface area contributed by atoms with Gasteiger partial charge < -0.3 is 10.2 Å². The summed E-state index contributed by atoms with van der Waals surface area (Å²) in [6.45, 7) is 3.35. The maximum absolute atomic E-state index is 12.6. The Morgan fingerprint density at radius 1 is 1.17 bits per heavy atom. The summed E-state index contributed by atoms with van der Waals surface area (Å²) in [7, 11) is 0. The van der Waals surface area contributed by atoms with Gasteiger partial charge in [-0.25, -0.2) is 0 Å². The number of benzene rings is 2. The molecule has 23 heavy (non-hydrogen) atoms. The smallest absolute Gasteiger partial charge is 0.251 e. The van der Waals surface area contributed by atoms with E-state index in [-0.39, 0.29) is 11.9 Å². The molecule has 0 radical (unpaired) electrons. The number of nitrogens with one attached hydrogen (secondary N) is 1. The third-order valence-corrected chi connectivity index (χ3v) is 5.56. The number of halogens is 1. The summed E-state index contributed by atoms with van der Waals surface area (Å²) in [5, 5.41) is 5.93. The van der Waals surface area contributed by atoms with Gasteiger partial charge in [0.15, 0.2) is 0 Å². The number of carbonyl (C=O) groups is 1. The fourth-order valence-corrected chi connectivity index (χ4v) is 4.18. The summed E-state index contributed by atoms with van der Waals surface area (Å²) >= 11 is 6.26. The zero-order valence-corrected chi connectivity index (χ0v) is 13.9. The quantitative estimate of drug-likeness (QED) is 0.911. The van der Waals surface area contributed by atoms with Crippen LogP contribution in [0.3, 0.4) is 0 Å². The summed E-state index contributed by atoms with van der Waals surface area (Å²) < 4.78 is 0. The van der Waals surface area contributed by atoms with Gasteiger partial charge in [0, 0.05) is 28.6 Å². The predicted molar refractivity (Wildman–Crippen MR) is 94.0 cm³/mol. The monoisotopic (exact) mass is 328 g/mol. The number of fused-ring (bicyclic) bond motifs is 5. The van der Waals surface area contributed by atoms with Crippen LogP contribution in [0.2, 0.25) is 5.02 Å². The number of hydrogen-bond acceptors (Lipinski definition) is 2. The fourth-order valence-electron chi connectivity index (χ4n) is 3.94. The zero-order valence-electron chi connectivity index (χ0n) is 13.1. The molecule has 3 saturated heterocycles. The van der Waals surface area contributed by atoms with Crippen LogP contribution in [0.25, 0.3) is 10.8 Å². The first kappa shape index (κ1) is 15.0. The average Bonchev–Trinajstić information content (AvgIpc) is 2.87. The first-order valence-electron chi connectivity index (χ1n) is 8.40. The van der Waals surface area contributed by atoms with Crippen molar-refractivity contribution >= 4 is 28.3 Å². The molecule has 0 aliphatic carbocycles. The fraction of sp³-hybridized carbons (Fsp3) is 0.421. The van der Waals surface area contributed by atoms with Crippen LogP contribution in [0.5, 0.6) is 0 Å². The van der Waals surface area contributed by atoms with Gasteiger partial charge in [-0.15, -0.1) is 0 Å². The van der Waals surface area contributed by atoms with Crippen molar-refractivity contribution in [2.75, 3.05) is 19.6 Å². The number of nitrogens with zero attached hydrogens (tertiary/aromatic N) is 1. The third-order valence-electron chi connectivity index (χ3n) is 5.23. The zero-order chi connectivity index (χ0) is 15.8. The van der Waals surface area contributed by atoms with Crippen LogP contribution in [-0.4, -0.2) is 36.5 Å². The molecule has 3 fully saturated rings. The van der Waals surface area contributed by atoms with Gasteiger partial charge in [0.2, 0.25) is 0 Å². The Bertz CT molecular complexity index is 723. The molecule has 2 aromatic carbocycles. The molecular formula is C19H21ClN2O. The second-order valence-electron chi connectivity index (χ2n) is 6.83. The van der Waals surface area contributed by atoms with Crippen LogP contribution >= 0.6 is 11.6 Å². The molecule has 3 aliphatic heterocycles. The van der Waals surface area contributed by atoms with Crippen LogP contribution < -0.4 is 5.32 Å². The molecule has 1 N–H and O–H groups in total. The normalized spacial score (nSPS) is 26.9. The van der Waals surface area contributed by atoms with E-state index in [0.29, 0.717) is 10.6 Å². The highest BCUT2D eigenvalue weighted by atomic mass is 35.5. The lowest BCUT2D eigenvalue weighted by Gasteiger charge is -2.26. The molecule has 1 unspecified atom stereocenters. The summed E-state index contributed by atoms with van der Waals surface area (Å²) in [5.41, 5.74) is 0.692. The van der Waals surface area contributed by atoms with Crippen molar-refractivity contribution in [1.82, 2.24) is 10.2 Å². The van der Waals surface area contributed by atoms with Crippen LogP contribution in [0.15, 0.2) is 36.4 Å². The first-order chi connectivity index (χ1) is 11.2. The van der Waals surface area contributed by atoms with E-state index in [1.54, 1.807) is 0 Å². The van der Waals surface area contributed by atoms with Gasteiger partial charge in [0.1, 0.15) is 0 Å². The Morgan fingerprint density at radius 2 is 2.00 bits per heavy atom. The number of carbonyl (C=O) groups excluding carboxylic acids is 1. The molecule has 3 aliphatic rings. The summed E-state index contributed by atoms with van der Waals surface area (Å²) in [6, 6.07) is 11.8. The van der Waals surface area contributed by atoms with E-state index in [1.807, 2.05) is 36.4 Å². The highest BCUT2D eigenvalue weighted by molar-refractivity contribution is 6.35. The minimum absolute atomic E-state index is 0.0133. The van der Waals surface area contributed by atoms with Gasteiger partial charge in [-0.1, -0.05) is 29.8 Å². The third kappa shape index (κ3) is 3.08. The van der Waals surface area contributed by atoms with Crippen molar-refractivity contribution in [3.63, 3.8) is 0 Å². The molecule has 3 heterocycles. The SMILES string of the molecule is O=C(NC1CC2CCN(CC2)C1)c1ccc2cccc(Cl)c2c1. The summed E-state index contributed by atoms with van der Waals surface area (Å²) in [4.78, 5) is 15.1. The summed E-state index contributed by atoms with van der Waals surface area (Å²) in [6.07, 6.45) is 3.66. The molecule has 3 nitrogen and oxygen atoms in total. The second kappa shape index (κ2) is 6.14. The van der Waals surface area contributed by atoms with Gasteiger partial charge in [-0.05, 0) is 61.9 Å². The van der Waals surface area contributed by atoms with Gasteiger partial charge >= 0.3 is 0 Å². The highest BCUT2D eigenvalue weighted by Gasteiger charge is 2.29. The van der Waals surface area contributed by atoms with E-state index in [9.17, 15) is 4.79 Å². The van der Waals surface area contributed by atoms with Crippen molar-refractivity contribution in [1.29, 1.82) is 0 Å². The van der Waals surface area contributed by atoms with Crippen LogP contribution in [0, 0.1) is 5.92 Å². The number of amides is 1. The molecular weight excluding hydrogens is 308 g/mol. The van der Waals surface area contributed by atoms with Crippen LogP contribution in [0.4, 0.5) is 0 Å². The largest absolute Gasteiger partial charge is 0.348 e.